The number of methoxy groups -OCH3 is 1. The fraction of sp³-hybridized carbons (Fsp3) is 0.385. The number of ether oxygens (including phenoxy) is 3. The number of carbonyl (C=O) groups is 2. The standard InChI is InChI=1S/C13H14O5/c1-3-17-12(14)7-11-10-6-8(16-2)4-5-9(10)13(15)18-11/h4-6,11H,3,7H2,1-2H3. The Kier molecular flexibility index (Phi) is 3.50. The van der Waals surface area contributed by atoms with Crippen LogP contribution in [0.3, 0.4) is 0 Å². The van der Waals surface area contributed by atoms with Crippen molar-refractivity contribution in [2.75, 3.05) is 13.7 Å². The molecular formula is C13H14O5. The molecule has 5 nitrogen and oxygen atoms in total. The van der Waals surface area contributed by atoms with E-state index in [-0.39, 0.29) is 12.4 Å². The summed E-state index contributed by atoms with van der Waals surface area (Å²) in [4.78, 5) is 23.0. The highest BCUT2D eigenvalue weighted by atomic mass is 16.6. The lowest BCUT2D eigenvalue weighted by atomic mass is 10.0. The number of rotatable bonds is 4. The molecule has 2 rings (SSSR count). The second-order valence-electron chi connectivity index (χ2n) is 3.86. The van der Waals surface area contributed by atoms with Gasteiger partial charge in [0, 0.05) is 5.56 Å². The van der Waals surface area contributed by atoms with Crippen LogP contribution in [0.25, 0.3) is 0 Å². The third-order valence-electron chi connectivity index (χ3n) is 2.73. The van der Waals surface area contributed by atoms with Crippen molar-refractivity contribution in [1.82, 2.24) is 0 Å². The van der Waals surface area contributed by atoms with Crippen molar-refractivity contribution in [1.29, 1.82) is 0 Å². The minimum atomic E-state index is -0.582. The molecule has 0 N–H and O–H groups in total. The highest BCUT2D eigenvalue weighted by molar-refractivity contribution is 5.94. The first-order valence-electron chi connectivity index (χ1n) is 5.70. The van der Waals surface area contributed by atoms with Gasteiger partial charge >= 0.3 is 11.9 Å². The van der Waals surface area contributed by atoms with Crippen LogP contribution >= 0.6 is 0 Å². The molecule has 0 bridgehead atoms. The number of esters is 2. The highest BCUT2D eigenvalue weighted by Crippen LogP contribution is 2.35. The molecule has 1 heterocycles. The predicted octanol–water partition coefficient (Wildman–Crippen LogP) is 1.86. The lowest BCUT2D eigenvalue weighted by molar-refractivity contribution is -0.145. The van der Waals surface area contributed by atoms with Crippen LogP contribution in [0.1, 0.15) is 35.4 Å². The van der Waals surface area contributed by atoms with Gasteiger partial charge in [-0.1, -0.05) is 0 Å². The van der Waals surface area contributed by atoms with E-state index in [1.165, 1.54) is 0 Å². The van der Waals surface area contributed by atoms with Gasteiger partial charge in [-0.15, -0.1) is 0 Å². The number of carbonyl (C=O) groups excluding carboxylic acids is 2. The van der Waals surface area contributed by atoms with Gasteiger partial charge in [0.25, 0.3) is 0 Å². The summed E-state index contributed by atoms with van der Waals surface area (Å²) in [6.07, 6.45) is -0.554. The third-order valence-corrected chi connectivity index (χ3v) is 2.73. The highest BCUT2D eigenvalue weighted by Gasteiger charge is 2.33. The number of cyclic esters (lactones) is 1. The van der Waals surface area contributed by atoms with Gasteiger partial charge in [0.2, 0.25) is 0 Å². The Morgan fingerprint density at radius 1 is 1.44 bits per heavy atom. The van der Waals surface area contributed by atoms with Crippen LogP contribution in [0, 0.1) is 0 Å². The summed E-state index contributed by atoms with van der Waals surface area (Å²) < 4.78 is 15.1. The summed E-state index contributed by atoms with van der Waals surface area (Å²) in [5.41, 5.74) is 1.15. The fourth-order valence-electron chi connectivity index (χ4n) is 1.90. The molecule has 1 aromatic carbocycles. The Labute approximate surface area is 105 Å². The van der Waals surface area contributed by atoms with Crippen molar-refractivity contribution in [3.63, 3.8) is 0 Å². The molecular weight excluding hydrogens is 236 g/mol. The van der Waals surface area contributed by atoms with Crippen LogP contribution < -0.4 is 4.74 Å². The Hall–Kier alpha value is -2.04. The Morgan fingerprint density at radius 2 is 2.22 bits per heavy atom. The van der Waals surface area contributed by atoms with Gasteiger partial charge in [0.15, 0.2) is 0 Å². The van der Waals surface area contributed by atoms with Crippen molar-refractivity contribution in [2.45, 2.75) is 19.4 Å². The van der Waals surface area contributed by atoms with Gasteiger partial charge in [0.05, 0.1) is 25.7 Å². The molecule has 0 spiro atoms. The van der Waals surface area contributed by atoms with Crippen LogP contribution in [-0.4, -0.2) is 25.7 Å². The Balaban J connectivity index is 2.22. The summed E-state index contributed by atoms with van der Waals surface area (Å²) in [5, 5.41) is 0. The van der Waals surface area contributed by atoms with Gasteiger partial charge in [0.1, 0.15) is 11.9 Å². The van der Waals surface area contributed by atoms with E-state index in [9.17, 15) is 9.59 Å². The van der Waals surface area contributed by atoms with Crippen LogP contribution in [0.4, 0.5) is 0 Å². The second-order valence-corrected chi connectivity index (χ2v) is 3.86. The van der Waals surface area contributed by atoms with Crippen LogP contribution in [0.2, 0.25) is 0 Å². The molecule has 1 aliphatic heterocycles. The van der Waals surface area contributed by atoms with Crippen LogP contribution in [0.15, 0.2) is 18.2 Å². The third kappa shape index (κ3) is 2.30. The first-order chi connectivity index (χ1) is 8.65. The second kappa shape index (κ2) is 5.08. The predicted molar refractivity (Wildman–Crippen MR) is 62.4 cm³/mol. The van der Waals surface area contributed by atoms with Crippen molar-refractivity contribution in [3.8, 4) is 5.75 Å². The van der Waals surface area contributed by atoms with E-state index in [4.69, 9.17) is 14.2 Å². The zero-order chi connectivity index (χ0) is 13.1. The minimum Gasteiger partial charge on any atom is -0.497 e. The van der Waals surface area contributed by atoms with Gasteiger partial charge in [-0.2, -0.15) is 0 Å². The fourth-order valence-corrected chi connectivity index (χ4v) is 1.90. The van der Waals surface area contributed by atoms with E-state index in [1.807, 2.05) is 0 Å². The molecule has 0 aliphatic carbocycles. The summed E-state index contributed by atoms with van der Waals surface area (Å²) in [6, 6.07) is 5.04. The van der Waals surface area contributed by atoms with E-state index in [1.54, 1.807) is 32.2 Å². The first-order valence-corrected chi connectivity index (χ1v) is 5.70. The molecule has 0 fully saturated rings. The molecule has 1 aromatic rings. The van der Waals surface area contributed by atoms with Crippen molar-refractivity contribution < 1.29 is 23.8 Å². The average Bonchev–Trinajstić information content (AvgIpc) is 2.66. The zero-order valence-corrected chi connectivity index (χ0v) is 10.3. The van der Waals surface area contributed by atoms with E-state index < -0.39 is 12.1 Å². The maximum atomic E-state index is 11.6. The topological polar surface area (TPSA) is 61.8 Å². The normalized spacial score (nSPS) is 17.0. The number of hydrogen-bond acceptors (Lipinski definition) is 5. The van der Waals surface area contributed by atoms with Crippen molar-refractivity contribution in [2.24, 2.45) is 0 Å². The van der Waals surface area contributed by atoms with Gasteiger partial charge < -0.3 is 14.2 Å². The molecule has 18 heavy (non-hydrogen) atoms. The van der Waals surface area contributed by atoms with E-state index in [2.05, 4.69) is 0 Å². The summed E-state index contributed by atoms with van der Waals surface area (Å²) in [5.74, 6) is -0.172. The molecule has 0 radical (unpaired) electrons. The smallest absolute Gasteiger partial charge is 0.339 e. The summed E-state index contributed by atoms with van der Waals surface area (Å²) >= 11 is 0. The summed E-state index contributed by atoms with van der Waals surface area (Å²) in [6.45, 7) is 2.04. The lowest BCUT2D eigenvalue weighted by Gasteiger charge is -2.10. The van der Waals surface area contributed by atoms with E-state index in [0.29, 0.717) is 23.5 Å². The molecule has 0 amide bonds. The molecule has 0 saturated heterocycles. The maximum Gasteiger partial charge on any atom is 0.339 e. The zero-order valence-electron chi connectivity index (χ0n) is 10.3. The molecule has 96 valence electrons. The average molecular weight is 250 g/mol. The molecule has 1 aliphatic rings. The molecule has 1 unspecified atom stereocenters. The molecule has 5 heteroatoms. The van der Waals surface area contributed by atoms with Gasteiger partial charge in [-0.3, -0.25) is 4.79 Å². The lowest BCUT2D eigenvalue weighted by Crippen LogP contribution is -2.10. The largest absolute Gasteiger partial charge is 0.497 e. The van der Waals surface area contributed by atoms with Crippen molar-refractivity contribution >= 4 is 11.9 Å². The van der Waals surface area contributed by atoms with Crippen LogP contribution in [-0.2, 0) is 14.3 Å². The number of hydrogen-bond donors (Lipinski definition) is 0. The van der Waals surface area contributed by atoms with Gasteiger partial charge in [-0.25, -0.2) is 4.79 Å². The minimum absolute atomic E-state index is 0.0275. The van der Waals surface area contributed by atoms with Crippen molar-refractivity contribution in [3.05, 3.63) is 29.3 Å². The Bertz CT molecular complexity index is 480. The molecule has 0 aromatic heterocycles. The quantitative estimate of drug-likeness (QED) is 0.763. The monoisotopic (exact) mass is 250 g/mol. The molecule has 1 atom stereocenters. The SMILES string of the molecule is CCOC(=O)CC1OC(=O)c2ccc(OC)cc21. The Morgan fingerprint density at radius 3 is 2.89 bits per heavy atom. The molecule has 0 saturated carbocycles. The number of fused-ring (bicyclic) bond motifs is 1. The van der Waals surface area contributed by atoms with E-state index in [0.717, 1.165) is 0 Å². The van der Waals surface area contributed by atoms with Crippen LogP contribution in [0.5, 0.6) is 5.75 Å². The number of benzene rings is 1. The van der Waals surface area contributed by atoms with Gasteiger partial charge in [-0.05, 0) is 25.1 Å². The maximum absolute atomic E-state index is 11.6. The summed E-state index contributed by atoms with van der Waals surface area (Å²) in [7, 11) is 1.54. The van der Waals surface area contributed by atoms with E-state index >= 15 is 0 Å². The first kappa shape index (κ1) is 12.4.